The molecule has 154 valence electrons. The Hall–Kier alpha value is -2.35. The second-order valence-corrected chi connectivity index (χ2v) is 8.53. The van der Waals surface area contributed by atoms with E-state index < -0.39 is 0 Å². The van der Waals surface area contributed by atoms with Gasteiger partial charge in [0, 0.05) is 27.7 Å². The summed E-state index contributed by atoms with van der Waals surface area (Å²) < 4.78 is 5.72. The minimum Gasteiger partial charge on any atom is -0.351 e. The van der Waals surface area contributed by atoms with E-state index in [9.17, 15) is 0 Å². The van der Waals surface area contributed by atoms with Gasteiger partial charge in [-0.25, -0.2) is 0 Å². The molecule has 0 fully saturated rings. The van der Waals surface area contributed by atoms with Crippen molar-refractivity contribution < 1.29 is 4.52 Å². The number of halogens is 1. The number of benzene rings is 2. The monoisotopic (exact) mass is 456 g/mol. The topological polar surface area (TPSA) is 54.2 Å². The zero-order valence-corrected chi connectivity index (χ0v) is 19.2. The third-order valence-corrected chi connectivity index (χ3v) is 6.45. The van der Waals surface area contributed by atoms with Gasteiger partial charge in [0.2, 0.25) is 5.82 Å². The maximum Gasteiger partial charge on any atom is 0.258 e. The highest BCUT2D eigenvalue weighted by Gasteiger charge is 2.33. The maximum absolute atomic E-state index is 6.00. The van der Waals surface area contributed by atoms with Crippen LogP contribution in [0.3, 0.4) is 0 Å². The molecule has 1 aliphatic heterocycles. The van der Waals surface area contributed by atoms with Crippen molar-refractivity contribution in [3.63, 3.8) is 0 Å². The number of rotatable bonds is 5. The molecule has 1 N–H and O–H groups in total. The molecule has 0 bridgehead atoms. The molecule has 3 aromatic rings. The van der Waals surface area contributed by atoms with E-state index in [1.165, 1.54) is 4.90 Å². The van der Waals surface area contributed by atoms with Crippen LogP contribution in [-0.2, 0) is 0 Å². The molecule has 0 saturated heterocycles. The number of hydrogen-bond donors (Lipinski definition) is 1. The van der Waals surface area contributed by atoms with Crippen molar-refractivity contribution in [3.8, 4) is 11.4 Å². The van der Waals surface area contributed by atoms with Gasteiger partial charge < -0.3 is 14.7 Å². The van der Waals surface area contributed by atoms with Gasteiger partial charge in [0.15, 0.2) is 5.11 Å². The van der Waals surface area contributed by atoms with Crippen LogP contribution in [0.25, 0.3) is 17.0 Å². The van der Waals surface area contributed by atoms with Gasteiger partial charge in [-0.05, 0) is 74.3 Å². The van der Waals surface area contributed by atoms with Gasteiger partial charge >= 0.3 is 0 Å². The van der Waals surface area contributed by atoms with E-state index in [-0.39, 0.29) is 6.04 Å². The molecule has 0 saturated carbocycles. The standard InChI is InChI=1S/C22H21ClN4OS2/c1-4-27-13(2)18(19(24-22(27)29)14-7-11-17(30-3)12-8-14)21-25-20(26-28-21)15-5-9-16(23)10-6-15/h5-12,19H,4H2,1-3H3,(H,24,29). The fourth-order valence-electron chi connectivity index (χ4n) is 3.53. The Labute approximate surface area is 190 Å². The molecular formula is C22H21ClN4OS2. The summed E-state index contributed by atoms with van der Waals surface area (Å²) in [5, 5.41) is 9.01. The Morgan fingerprint density at radius 3 is 2.50 bits per heavy atom. The lowest BCUT2D eigenvalue weighted by atomic mass is 9.95. The summed E-state index contributed by atoms with van der Waals surface area (Å²) in [5.74, 6) is 1.000. The molecule has 1 aromatic heterocycles. The molecule has 2 heterocycles. The molecule has 0 amide bonds. The molecular weight excluding hydrogens is 436 g/mol. The second-order valence-electron chi connectivity index (χ2n) is 6.83. The lowest BCUT2D eigenvalue weighted by molar-refractivity contribution is 0.398. The quantitative estimate of drug-likeness (QED) is 0.385. The summed E-state index contributed by atoms with van der Waals surface area (Å²) in [6, 6.07) is 15.6. The van der Waals surface area contributed by atoms with Gasteiger partial charge in [-0.15, -0.1) is 11.8 Å². The summed E-state index contributed by atoms with van der Waals surface area (Å²) in [6.07, 6.45) is 2.06. The van der Waals surface area contributed by atoms with Gasteiger partial charge in [0.05, 0.1) is 11.6 Å². The number of thioether (sulfide) groups is 1. The van der Waals surface area contributed by atoms with E-state index in [4.69, 9.17) is 33.3 Å². The molecule has 0 aliphatic carbocycles. The van der Waals surface area contributed by atoms with E-state index in [2.05, 4.69) is 47.9 Å². The minimum atomic E-state index is -0.172. The SMILES string of the molecule is CCN1C(=S)NC(c2ccc(SC)cc2)C(c2nc(-c3ccc(Cl)cc3)no2)=C1C. The van der Waals surface area contributed by atoms with Crippen molar-refractivity contribution >= 4 is 46.3 Å². The predicted octanol–water partition coefficient (Wildman–Crippen LogP) is 5.79. The molecule has 5 nitrogen and oxygen atoms in total. The molecule has 0 radical (unpaired) electrons. The first-order chi connectivity index (χ1) is 14.5. The Kier molecular flexibility index (Phi) is 6.13. The van der Waals surface area contributed by atoms with E-state index in [1.54, 1.807) is 11.8 Å². The van der Waals surface area contributed by atoms with Gasteiger partial charge in [-0.1, -0.05) is 28.9 Å². The first-order valence-electron chi connectivity index (χ1n) is 9.54. The Bertz CT molecular complexity index is 1090. The van der Waals surface area contributed by atoms with Crippen LogP contribution in [0.15, 0.2) is 63.6 Å². The van der Waals surface area contributed by atoms with E-state index in [1.807, 2.05) is 36.1 Å². The summed E-state index contributed by atoms with van der Waals surface area (Å²) in [7, 11) is 0. The van der Waals surface area contributed by atoms with Crippen LogP contribution in [0, 0.1) is 0 Å². The van der Waals surface area contributed by atoms with E-state index >= 15 is 0 Å². The summed E-state index contributed by atoms with van der Waals surface area (Å²) in [5.41, 5.74) is 3.87. The maximum atomic E-state index is 6.00. The van der Waals surface area contributed by atoms with Crippen molar-refractivity contribution in [1.82, 2.24) is 20.4 Å². The second kappa shape index (κ2) is 8.79. The average Bonchev–Trinajstić information content (AvgIpc) is 3.24. The van der Waals surface area contributed by atoms with Crippen LogP contribution in [0.2, 0.25) is 5.02 Å². The van der Waals surface area contributed by atoms with Crippen molar-refractivity contribution in [2.45, 2.75) is 24.8 Å². The number of allylic oxidation sites excluding steroid dienone is 1. The Balaban J connectivity index is 1.79. The Morgan fingerprint density at radius 2 is 1.87 bits per heavy atom. The van der Waals surface area contributed by atoms with Crippen molar-refractivity contribution in [3.05, 3.63) is 70.7 Å². The van der Waals surface area contributed by atoms with Gasteiger partial charge in [-0.2, -0.15) is 4.98 Å². The van der Waals surface area contributed by atoms with Crippen LogP contribution < -0.4 is 5.32 Å². The van der Waals surface area contributed by atoms with Crippen LogP contribution >= 0.6 is 35.6 Å². The van der Waals surface area contributed by atoms with Crippen LogP contribution in [0.4, 0.5) is 0 Å². The van der Waals surface area contributed by atoms with Crippen LogP contribution in [0.5, 0.6) is 0 Å². The average molecular weight is 457 g/mol. The predicted molar refractivity (Wildman–Crippen MR) is 126 cm³/mol. The fourth-order valence-corrected chi connectivity index (χ4v) is 4.45. The summed E-state index contributed by atoms with van der Waals surface area (Å²) >= 11 is 13.3. The van der Waals surface area contributed by atoms with Crippen molar-refractivity contribution in [1.29, 1.82) is 0 Å². The summed E-state index contributed by atoms with van der Waals surface area (Å²) in [6.45, 7) is 4.86. The molecule has 1 aliphatic rings. The van der Waals surface area contributed by atoms with E-state index in [0.29, 0.717) is 21.9 Å². The zero-order chi connectivity index (χ0) is 21.3. The van der Waals surface area contributed by atoms with Crippen molar-refractivity contribution in [2.24, 2.45) is 0 Å². The molecule has 1 unspecified atom stereocenters. The number of aromatic nitrogens is 2. The largest absolute Gasteiger partial charge is 0.351 e. The molecule has 1 atom stereocenters. The normalized spacial score (nSPS) is 16.7. The molecule has 2 aromatic carbocycles. The molecule has 4 rings (SSSR count). The van der Waals surface area contributed by atoms with Crippen LogP contribution in [0.1, 0.15) is 31.3 Å². The third-order valence-electron chi connectivity index (χ3n) is 5.12. The van der Waals surface area contributed by atoms with Gasteiger partial charge in [0.1, 0.15) is 0 Å². The fraction of sp³-hybridized carbons (Fsp3) is 0.227. The lowest BCUT2D eigenvalue weighted by Crippen LogP contribution is -2.45. The Morgan fingerprint density at radius 1 is 1.17 bits per heavy atom. The molecule has 30 heavy (non-hydrogen) atoms. The van der Waals surface area contributed by atoms with Crippen LogP contribution in [-0.4, -0.2) is 33.0 Å². The van der Waals surface area contributed by atoms with E-state index in [0.717, 1.165) is 28.9 Å². The van der Waals surface area contributed by atoms with Gasteiger partial charge in [-0.3, -0.25) is 0 Å². The highest BCUT2D eigenvalue weighted by Crippen LogP contribution is 2.37. The minimum absolute atomic E-state index is 0.172. The van der Waals surface area contributed by atoms with Crippen molar-refractivity contribution in [2.75, 3.05) is 12.8 Å². The van der Waals surface area contributed by atoms with Gasteiger partial charge in [0.25, 0.3) is 5.89 Å². The number of hydrogen-bond acceptors (Lipinski definition) is 5. The number of thiocarbonyl (C=S) groups is 1. The smallest absolute Gasteiger partial charge is 0.258 e. The number of nitrogens with zero attached hydrogens (tertiary/aromatic N) is 3. The number of nitrogens with one attached hydrogen (secondary N) is 1. The third kappa shape index (κ3) is 3.97. The zero-order valence-electron chi connectivity index (χ0n) is 16.8. The highest BCUT2D eigenvalue weighted by atomic mass is 35.5. The lowest BCUT2D eigenvalue weighted by Gasteiger charge is -2.36. The molecule has 8 heteroatoms. The first kappa shape index (κ1) is 20.9. The molecule has 0 spiro atoms. The summed E-state index contributed by atoms with van der Waals surface area (Å²) in [4.78, 5) is 7.95. The first-order valence-corrected chi connectivity index (χ1v) is 11.6. The highest BCUT2D eigenvalue weighted by molar-refractivity contribution is 7.98.